The largest absolute Gasteiger partial charge is 0.493 e. The maximum Gasteiger partial charge on any atom is 0.264 e. The summed E-state index contributed by atoms with van der Waals surface area (Å²) in [6.07, 6.45) is 0. The summed E-state index contributed by atoms with van der Waals surface area (Å²) in [6, 6.07) is 19.9. The second kappa shape index (κ2) is 10.6. The molecule has 0 bridgehead atoms. The maximum absolute atomic E-state index is 13.6. The van der Waals surface area contributed by atoms with E-state index in [1.807, 2.05) is 12.1 Å². The van der Waals surface area contributed by atoms with Crippen LogP contribution in [0.25, 0.3) is 0 Å². The van der Waals surface area contributed by atoms with Crippen LogP contribution in [0.4, 0.5) is 5.69 Å². The lowest BCUT2D eigenvalue weighted by Gasteiger charge is -2.27. The number of ether oxygens (including phenoxy) is 2. The highest BCUT2D eigenvalue weighted by atomic mass is 35.5. The first kappa shape index (κ1) is 24.4. The fourth-order valence-corrected chi connectivity index (χ4v) is 4.77. The normalized spacial score (nSPS) is 11.0. The van der Waals surface area contributed by atoms with Crippen LogP contribution in [0.3, 0.4) is 0 Å². The van der Waals surface area contributed by atoms with E-state index in [9.17, 15) is 13.2 Å². The molecule has 0 aromatic heterocycles. The van der Waals surface area contributed by atoms with Crippen LogP contribution in [-0.4, -0.2) is 47.0 Å². The standard InChI is InChI=1S/C24H25ClN2O5S/c1-26(16-18-9-11-19(25)12-10-18)24(28)17-27(20-7-5-4-6-8-20)33(29,30)21-13-14-22(31-2)23(15-21)32-3/h4-15H,16-17H2,1-3H3. The van der Waals surface area contributed by atoms with E-state index in [0.29, 0.717) is 23.0 Å². The molecule has 0 aliphatic heterocycles. The molecule has 0 spiro atoms. The van der Waals surface area contributed by atoms with Gasteiger partial charge in [-0.05, 0) is 42.0 Å². The third-order valence-electron chi connectivity index (χ3n) is 5.02. The number of methoxy groups -OCH3 is 2. The Bertz CT molecular complexity index is 1200. The molecule has 0 radical (unpaired) electrons. The summed E-state index contributed by atoms with van der Waals surface area (Å²) in [5.74, 6) is 0.317. The molecule has 0 saturated heterocycles. The summed E-state index contributed by atoms with van der Waals surface area (Å²) in [6.45, 7) is -0.0557. The monoisotopic (exact) mass is 488 g/mol. The Hall–Kier alpha value is -3.23. The van der Waals surface area contributed by atoms with Gasteiger partial charge in [-0.2, -0.15) is 0 Å². The van der Waals surface area contributed by atoms with Crippen molar-refractivity contribution >= 4 is 33.2 Å². The number of carbonyl (C=O) groups excluding carboxylic acids is 1. The molecule has 0 saturated carbocycles. The fraction of sp³-hybridized carbons (Fsp3) is 0.208. The number of likely N-dealkylation sites (N-methyl/N-ethyl adjacent to an activating group) is 1. The van der Waals surface area contributed by atoms with E-state index in [1.54, 1.807) is 49.5 Å². The highest BCUT2D eigenvalue weighted by molar-refractivity contribution is 7.92. The molecule has 7 nitrogen and oxygen atoms in total. The SMILES string of the molecule is COc1ccc(S(=O)(=O)N(CC(=O)N(C)Cc2ccc(Cl)cc2)c2ccccc2)cc1OC. The number of hydrogen-bond acceptors (Lipinski definition) is 5. The van der Waals surface area contributed by atoms with Gasteiger partial charge in [0, 0.05) is 24.7 Å². The van der Waals surface area contributed by atoms with E-state index in [-0.39, 0.29) is 23.1 Å². The maximum atomic E-state index is 13.6. The Morgan fingerprint density at radius 1 is 0.909 bits per heavy atom. The molecular weight excluding hydrogens is 464 g/mol. The summed E-state index contributed by atoms with van der Waals surface area (Å²) in [5.41, 5.74) is 1.25. The first-order valence-electron chi connectivity index (χ1n) is 10.0. The van der Waals surface area contributed by atoms with Crippen LogP contribution in [0.1, 0.15) is 5.56 Å². The van der Waals surface area contributed by atoms with E-state index in [2.05, 4.69) is 0 Å². The third kappa shape index (κ3) is 5.77. The Kier molecular flexibility index (Phi) is 7.84. The van der Waals surface area contributed by atoms with E-state index in [0.717, 1.165) is 9.87 Å². The zero-order valence-electron chi connectivity index (χ0n) is 18.6. The van der Waals surface area contributed by atoms with Crippen LogP contribution in [0.2, 0.25) is 5.02 Å². The minimum atomic E-state index is -4.09. The molecule has 0 fully saturated rings. The van der Waals surface area contributed by atoms with Crippen LogP contribution in [0.5, 0.6) is 11.5 Å². The number of sulfonamides is 1. The van der Waals surface area contributed by atoms with Gasteiger partial charge in [0.2, 0.25) is 5.91 Å². The average molecular weight is 489 g/mol. The summed E-state index contributed by atoms with van der Waals surface area (Å²) in [5, 5.41) is 0.601. The van der Waals surface area contributed by atoms with Gasteiger partial charge in [-0.1, -0.05) is 41.9 Å². The van der Waals surface area contributed by atoms with E-state index < -0.39 is 10.0 Å². The molecule has 0 aliphatic rings. The molecule has 9 heteroatoms. The lowest BCUT2D eigenvalue weighted by atomic mass is 10.2. The van der Waals surface area contributed by atoms with Crippen molar-refractivity contribution in [2.75, 3.05) is 32.1 Å². The highest BCUT2D eigenvalue weighted by Gasteiger charge is 2.29. The summed E-state index contributed by atoms with van der Waals surface area (Å²) in [4.78, 5) is 14.5. The zero-order chi connectivity index (χ0) is 24.0. The molecule has 3 aromatic rings. The number of nitrogens with zero attached hydrogens (tertiary/aromatic N) is 2. The zero-order valence-corrected chi connectivity index (χ0v) is 20.1. The smallest absolute Gasteiger partial charge is 0.264 e. The number of carbonyl (C=O) groups is 1. The highest BCUT2D eigenvalue weighted by Crippen LogP contribution is 2.32. The van der Waals surface area contributed by atoms with Crippen LogP contribution in [0, 0.1) is 0 Å². The molecule has 0 aliphatic carbocycles. The van der Waals surface area contributed by atoms with Gasteiger partial charge in [0.15, 0.2) is 11.5 Å². The van der Waals surface area contributed by atoms with Crippen molar-refractivity contribution in [1.82, 2.24) is 4.90 Å². The van der Waals surface area contributed by atoms with Gasteiger partial charge in [-0.15, -0.1) is 0 Å². The Morgan fingerprint density at radius 3 is 2.15 bits per heavy atom. The van der Waals surface area contributed by atoms with E-state index in [1.165, 1.54) is 37.3 Å². The first-order valence-corrected chi connectivity index (χ1v) is 11.9. The molecule has 33 heavy (non-hydrogen) atoms. The van der Waals surface area contributed by atoms with Crippen molar-refractivity contribution in [3.63, 3.8) is 0 Å². The summed E-state index contributed by atoms with van der Waals surface area (Å²) in [7, 11) is 0.441. The van der Waals surface area contributed by atoms with Crippen LogP contribution >= 0.6 is 11.6 Å². The molecule has 0 unspecified atom stereocenters. The van der Waals surface area contributed by atoms with Crippen molar-refractivity contribution < 1.29 is 22.7 Å². The van der Waals surface area contributed by atoms with Crippen LogP contribution in [-0.2, 0) is 21.4 Å². The van der Waals surface area contributed by atoms with E-state index in [4.69, 9.17) is 21.1 Å². The van der Waals surface area contributed by atoms with Gasteiger partial charge in [-0.25, -0.2) is 8.42 Å². The predicted molar refractivity (Wildman–Crippen MR) is 128 cm³/mol. The molecule has 3 rings (SSSR count). The first-order chi connectivity index (χ1) is 15.8. The molecular formula is C24H25ClN2O5S. The van der Waals surface area contributed by atoms with Crippen molar-refractivity contribution in [1.29, 1.82) is 0 Å². The van der Waals surface area contributed by atoms with Crippen LogP contribution in [0.15, 0.2) is 77.7 Å². The van der Waals surface area contributed by atoms with Crippen molar-refractivity contribution in [3.05, 3.63) is 83.4 Å². The number of hydrogen-bond donors (Lipinski definition) is 0. The Balaban J connectivity index is 1.92. The number of halogens is 1. The second-order valence-electron chi connectivity index (χ2n) is 7.24. The quantitative estimate of drug-likeness (QED) is 0.451. The third-order valence-corrected chi connectivity index (χ3v) is 7.05. The number of para-hydroxylation sites is 1. The fourth-order valence-electron chi connectivity index (χ4n) is 3.21. The number of benzene rings is 3. The lowest BCUT2D eigenvalue weighted by molar-refractivity contribution is -0.128. The van der Waals surface area contributed by atoms with Crippen LogP contribution < -0.4 is 13.8 Å². The van der Waals surface area contributed by atoms with Crippen molar-refractivity contribution in [2.45, 2.75) is 11.4 Å². The van der Waals surface area contributed by atoms with Gasteiger partial charge < -0.3 is 14.4 Å². The number of anilines is 1. The molecule has 3 aromatic carbocycles. The van der Waals surface area contributed by atoms with Crippen molar-refractivity contribution in [2.24, 2.45) is 0 Å². The molecule has 0 heterocycles. The van der Waals surface area contributed by atoms with Gasteiger partial charge >= 0.3 is 0 Å². The minimum Gasteiger partial charge on any atom is -0.493 e. The predicted octanol–water partition coefficient (Wildman–Crippen LogP) is 4.21. The molecule has 0 atom stereocenters. The van der Waals surface area contributed by atoms with Crippen molar-refractivity contribution in [3.8, 4) is 11.5 Å². The average Bonchev–Trinajstić information content (AvgIpc) is 2.83. The van der Waals surface area contributed by atoms with Gasteiger partial charge in [-0.3, -0.25) is 9.10 Å². The summed E-state index contributed by atoms with van der Waals surface area (Å²) >= 11 is 5.93. The van der Waals surface area contributed by atoms with E-state index >= 15 is 0 Å². The number of amides is 1. The van der Waals surface area contributed by atoms with Gasteiger partial charge in [0.25, 0.3) is 10.0 Å². The lowest BCUT2D eigenvalue weighted by Crippen LogP contribution is -2.41. The summed E-state index contributed by atoms with van der Waals surface area (Å²) < 4.78 is 38.8. The minimum absolute atomic E-state index is 0.0165. The van der Waals surface area contributed by atoms with Gasteiger partial charge in [0.05, 0.1) is 24.8 Å². The molecule has 174 valence electrons. The molecule has 1 amide bonds. The Labute approximate surface area is 199 Å². The second-order valence-corrected chi connectivity index (χ2v) is 9.54. The Morgan fingerprint density at radius 2 is 1.55 bits per heavy atom. The topological polar surface area (TPSA) is 76.2 Å². The number of rotatable bonds is 9. The van der Waals surface area contributed by atoms with Gasteiger partial charge in [0.1, 0.15) is 6.54 Å². The molecule has 0 N–H and O–H groups in total.